The Morgan fingerprint density at radius 2 is 1.97 bits per heavy atom. The van der Waals surface area contributed by atoms with Gasteiger partial charge < -0.3 is 10.1 Å². The summed E-state index contributed by atoms with van der Waals surface area (Å²) in [5.74, 6) is -0.219. The summed E-state index contributed by atoms with van der Waals surface area (Å²) >= 11 is 11.7. The Balaban J connectivity index is 1.77. The topological polar surface area (TPSA) is 62.1 Å². The van der Waals surface area contributed by atoms with Gasteiger partial charge in [-0.25, -0.2) is 4.39 Å². The smallest absolute Gasteiger partial charge is 0.266 e. The van der Waals surface area contributed by atoms with Gasteiger partial charge in [-0.1, -0.05) is 29.8 Å². The number of benzene rings is 3. The zero-order valence-electron chi connectivity index (χ0n) is 16.8. The van der Waals surface area contributed by atoms with Crippen molar-refractivity contribution in [2.45, 2.75) is 13.5 Å². The second-order valence-corrected chi connectivity index (χ2v) is 9.24. The van der Waals surface area contributed by atoms with E-state index in [1.165, 1.54) is 18.2 Å². The van der Waals surface area contributed by atoms with Crippen LogP contribution in [0.3, 0.4) is 0 Å². The summed E-state index contributed by atoms with van der Waals surface area (Å²) in [5.41, 5.74) is 2.83. The number of halogens is 4. The molecule has 8 heteroatoms. The molecule has 0 saturated carbocycles. The van der Waals surface area contributed by atoms with E-state index >= 15 is 0 Å². The minimum Gasteiger partial charge on any atom is -0.487 e. The fourth-order valence-electron chi connectivity index (χ4n) is 2.72. The summed E-state index contributed by atoms with van der Waals surface area (Å²) < 4.78 is 20.4. The fraction of sp³-hybridized carbons (Fsp3) is 0.0833. The van der Waals surface area contributed by atoms with Crippen LogP contribution >= 0.6 is 50.1 Å². The second kappa shape index (κ2) is 10.9. The van der Waals surface area contributed by atoms with Crippen LogP contribution in [0.4, 0.5) is 10.1 Å². The SMILES string of the molecule is Cc1ccc(NC(=O)/C(C#N)=C\c2cc(Br)c(OCc3ccc(F)cc3)c(I)c2)cc1Cl. The van der Waals surface area contributed by atoms with Crippen LogP contribution in [0.2, 0.25) is 5.02 Å². The van der Waals surface area contributed by atoms with E-state index in [0.717, 1.165) is 14.7 Å². The van der Waals surface area contributed by atoms with E-state index in [0.29, 0.717) is 26.5 Å². The molecule has 162 valence electrons. The third-order valence-corrected chi connectivity index (χ3v) is 6.22. The standard InChI is InChI=1S/C24H16BrClFIN2O2/c1-14-2-7-19(11-21(14)26)30-24(31)17(12-29)8-16-9-20(25)23(22(28)10-16)32-13-15-3-5-18(27)6-4-15/h2-11H,13H2,1H3,(H,30,31)/b17-8-. The summed E-state index contributed by atoms with van der Waals surface area (Å²) in [6.45, 7) is 2.14. The first-order chi connectivity index (χ1) is 15.3. The van der Waals surface area contributed by atoms with Crippen molar-refractivity contribution >= 4 is 67.8 Å². The Bertz CT molecular complexity index is 1220. The molecule has 4 nitrogen and oxygen atoms in total. The molecule has 0 aliphatic carbocycles. The van der Waals surface area contributed by atoms with Gasteiger partial charge in [0.05, 0.1) is 8.04 Å². The number of carbonyl (C=O) groups excluding carboxylic acids is 1. The van der Waals surface area contributed by atoms with Gasteiger partial charge in [0.25, 0.3) is 5.91 Å². The molecule has 3 rings (SSSR count). The van der Waals surface area contributed by atoms with E-state index in [1.807, 2.05) is 13.0 Å². The van der Waals surface area contributed by atoms with Crippen LogP contribution in [0.1, 0.15) is 16.7 Å². The Kier molecular flexibility index (Phi) is 8.29. The molecule has 0 atom stereocenters. The molecule has 0 heterocycles. The Morgan fingerprint density at radius 1 is 1.25 bits per heavy atom. The van der Waals surface area contributed by atoms with Gasteiger partial charge in [-0.05, 0) is 105 Å². The van der Waals surface area contributed by atoms with Gasteiger partial charge in [0.1, 0.15) is 29.8 Å². The van der Waals surface area contributed by atoms with Gasteiger partial charge >= 0.3 is 0 Å². The van der Waals surface area contributed by atoms with E-state index < -0.39 is 5.91 Å². The van der Waals surface area contributed by atoms with Crippen LogP contribution in [0.5, 0.6) is 5.75 Å². The van der Waals surface area contributed by atoms with Crippen LogP contribution in [-0.2, 0) is 11.4 Å². The zero-order valence-corrected chi connectivity index (χ0v) is 21.3. The predicted molar refractivity (Wildman–Crippen MR) is 136 cm³/mol. The molecule has 3 aromatic rings. The van der Waals surface area contributed by atoms with Crippen LogP contribution in [0, 0.1) is 27.6 Å². The highest BCUT2D eigenvalue weighted by Gasteiger charge is 2.13. The number of anilines is 1. The van der Waals surface area contributed by atoms with E-state index in [4.69, 9.17) is 16.3 Å². The number of hydrogen-bond acceptors (Lipinski definition) is 3. The van der Waals surface area contributed by atoms with Crippen molar-refractivity contribution in [1.29, 1.82) is 5.26 Å². The number of rotatable bonds is 6. The van der Waals surface area contributed by atoms with Crippen molar-refractivity contribution in [2.75, 3.05) is 5.32 Å². The van der Waals surface area contributed by atoms with Crippen molar-refractivity contribution in [1.82, 2.24) is 0 Å². The molecule has 0 aliphatic rings. The zero-order chi connectivity index (χ0) is 23.3. The van der Waals surface area contributed by atoms with Gasteiger partial charge in [0.15, 0.2) is 0 Å². The van der Waals surface area contributed by atoms with Gasteiger partial charge in [-0.2, -0.15) is 5.26 Å². The number of carbonyl (C=O) groups is 1. The first-order valence-corrected chi connectivity index (χ1v) is 11.6. The van der Waals surface area contributed by atoms with E-state index in [9.17, 15) is 14.4 Å². The molecular formula is C24H16BrClFIN2O2. The highest BCUT2D eigenvalue weighted by Crippen LogP contribution is 2.33. The maximum absolute atomic E-state index is 13.1. The van der Waals surface area contributed by atoms with E-state index in [1.54, 1.807) is 42.5 Å². The Hall–Kier alpha value is -2.41. The highest BCUT2D eigenvalue weighted by molar-refractivity contribution is 14.1. The number of nitrogens with one attached hydrogen (secondary N) is 1. The lowest BCUT2D eigenvalue weighted by molar-refractivity contribution is -0.112. The lowest BCUT2D eigenvalue weighted by atomic mass is 10.1. The van der Waals surface area contributed by atoms with E-state index in [2.05, 4.69) is 43.8 Å². The number of aryl methyl sites for hydroxylation is 1. The highest BCUT2D eigenvalue weighted by atomic mass is 127. The lowest BCUT2D eigenvalue weighted by Crippen LogP contribution is -2.13. The molecule has 0 aliphatic heterocycles. The quantitative estimate of drug-likeness (QED) is 0.178. The molecule has 0 saturated heterocycles. The van der Waals surface area contributed by atoms with Crippen LogP contribution < -0.4 is 10.1 Å². The molecule has 0 aromatic heterocycles. The molecule has 0 fully saturated rings. The molecule has 0 bridgehead atoms. The number of ether oxygens (including phenoxy) is 1. The molecule has 0 unspecified atom stereocenters. The van der Waals surface area contributed by atoms with Gasteiger partial charge in [0, 0.05) is 10.7 Å². The fourth-order valence-corrected chi connectivity index (χ4v) is 4.67. The summed E-state index contributed by atoms with van der Waals surface area (Å²) in [5, 5.41) is 12.7. The largest absolute Gasteiger partial charge is 0.487 e. The molecule has 1 N–H and O–H groups in total. The molecule has 3 aromatic carbocycles. The van der Waals surface area contributed by atoms with Crippen molar-refractivity contribution in [3.8, 4) is 11.8 Å². The maximum atomic E-state index is 13.1. The normalized spacial score (nSPS) is 11.1. The summed E-state index contributed by atoms with van der Waals surface area (Å²) in [6, 6.07) is 16.7. The minimum atomic E-state index is -0.532. The monoisotopic (exact) mass is 624 g/mol. The molecule has 1 amide bonds. The average molecular weight is 626 g/mol. The molecule has 0 radical (unpaired) electrons. The summed E-state index contributed by atoms with van der Waals surface area (Å²) in [7, 11) is 0. The summed E-state index contributed by atoms with van der Waals surface area (Å²) in [4.78, 5) is 12.6. The number of nitrogens with zero attached hydrogens (tertiary/aromatic N) is 1. The van der Waals surface area contributed by atoms with Crippen molar-refractivity contribution in [2.24, 2.45) is 0 Å². The molecular weight excluding hydrogens is 610 g/mol. The number of amides is 1. The van der Waals surface area contributed by atoms with Crippen molar-refractivity contribution < 1.29 is 13.9 Å². The average Bonchev–Trinajstić information content (AvgIpc) is 2.75. The van der Waals surface area contributed by atoms with Crippen LogP contribution in [-0.4, -0.2) is 5.91 Å². The number of nitriles is 1. The first kappa shape index (κ1) is 24.2. The van der Waals surface area contributed by atoms with E-state index in [-0.39, 0.29) is 18.0 Å². The Labute approximate surface area is 212 Å². The maximum Gasteiger partial charge on any atom is 0.266 e. The first-order valence-electron chi connectivity index (χ1n) is 9.32. The van der Waals surface area contributed by atoms with Gasteiger partial charge in [-0.3, -0.25) is 4.79 Å². The van der Waals surface area contributed by atoms with Crippen molar-refractivity contribution in [3.63, 3.8) is 0 Å². The molecule has 0 spiro atoms. The molecule has 32 heavy (non-hydrogen) atoms. The van der Waals surface area contributed by atoms with Crippen LogP contribution in [0.25, 0.3) is 6.08 Å². The second-order valence-electron chi connectivity index (χ2n) is 6.82. The third kappa shape index (κ3) is 6.31. The summed E-state index contributed by atoms with van der Waals surface area (Å²) in [6.07, 6.45) is 1.50. The van der Waals surface area contributed by atoms with Gasteiger partial charge in [0.2, 0.25) is 0 Å². The lowest BCUT2D eigenvalue weighted by Gasteiger charge is -2.12. The minimum absolute atomic E-state index is 0.0515. The predicted octanol–water partition coefficient (Wildman–Crippen LogP) is 7.28. The Morgan fingerprint density at radius 3 is 2.59 bits per heavy atom. The van der Waals surface area contributed by atoms with Crippen LogP contribution in [0.15, 0.2) is 64.6 Å². The van der Waals surface area contributed by atoms with Gasteiger partial charge in [-0.15, -0.1) is 0 Å². The number of hydrogen-bond donors (Lipinski definition) is 1. The third-order valence-electron chi connectivity index (χ3n) is 4.42. The van der Waals surface area contributed by atoms with Crippen molar-refractivity contribution in [3.05, 3.63) is 95.7 Å².